The maximum Gasteiger partial charge on any atom is 0.411 e. The second-order valence-corrected chi connectivity index (χ2v) is 14.3. The molecule has 3 N–H and O–H groups in total. The van der Waals surface area contributed by atoms with Gasteiger partial charge in [-0.1, -0.05) is 17.4 Å². The van der Waals surface area contributed by atoms with E-state index in [4.69, 9.17) is 9.47 Å². The van der Waals surface area contributed by atoms with E-state index < -0.39 is 27.7 Å². The van der Waals surface area contributed by atoms with Gasteiger partial charge in [0.2, 0.25) is 10.0 Å². The fourth-order valence-corrected chi connectivity index (χ4v) is 7.35. The molecule has 2 aromatic rings. The number of sulfonamides is 1. The number of nitrogens with one attached hydrogen (secondary N) is 3. The molecule has 2 atom stereocenters. The highest BCUT2D eigenvalue weighted by molar-refractivity contribution is 7.89. The lowest BCUT2D eigenvalue weighted by atomic mass is 10.1. The smallest absolute Gasteiger partial charge is 0.411 e. The number of amides is 2. The van der Waals surface area contributed by atoms with Crippen LogP contribution in [0.1, 0.15) is 54.9 Å². The summed E-state index contributed by atoms with van der Waals surface area (Å²) in [5, 5.41) is 6.37. The van der Waals surface area contributed by atoms with Gasteiger partial charge >= 0.3 is 12.2 Å². The van der Waals surface area contributed by atoms with Gasteiger partial charge in [-0.25, -0.2) is 27.7 Å². The van der Waals surface area contributed by atoms with Gasteiger partial charge in [0.1, 0.15) is 0 Å². The van der Waals surface area contributed by atoms with Crippen molar-refractivity contribution < 1.29 is 27.5 Å². The molecule has 2 heterocycles. The Bertz CT molecular complexity index is 1350. The van der Waals surface area contributed by atoms with Crippen LogP contribution < -0.4 is 20.3 Å². The molecular formula is C26H37N5O6S2. The van der Waals surface area contributed by atoms with Gasteiger partial charge in [0.25, 0.3) is 0 Å². The first-order valence-electron chi connectivity index (χ1n) is 12.9. The average molecular weight is 580 g/mol. The van der Waals surface area contributed by atoms with Gasteiger partial charge in [-0.05, 0) is 67.0 Å². The average Bonchev–Trinajstić information content (AvgIpc) is 3.10. The van der Waals surface area contributed by atoms with Gasteiger partial charge in [0.05, 0.1) is 27.5 Å². The van der Waals surface area contributed by atoms with Crippen molar-refractivity contribution in [3.05, 3.63) is 24.4 Å². The maximum absolute atomic E-state index is 13.5. The molecule has 39 heavy (non-hydrogen) atoms. The van der Waals surface area contributed by atoms with E-state index >= 15 is 0 Å². The molecule has 2 fully saturated rings. The predicted octanol–water partition coefficient (Wildman–Crippen LogP) is 4.56. The zero-order valence-electron chi connectivity index (χ0n) is 23.3. The Balaban J connectivity index is 1.59. The number of ether oxygens (including phenoxy) is 2. The van der Waals surface area contributed by atoms with Crippen molar-refractivity contribution in [3.63, 3.8) is 0 Å². The van der Waals surface area contributed by atoms with Crippen molar-refractivity contribution in [2.24, 2.45) is 5.92 Å². The molecule has 2 aliphatic rings. The molecule has 1 saturated carbocycles. The van der Waals surface area contributed by atoms with E-state index in [1.165, 1.54) is 17.4 Å². The number of carbonyl (C=O) groups excluding carboxylic acids is 2. The van der Waals surface area contributed by atoms with Crippen LogP contribution in [0.15, 0.2) is 29.3 Å². The van der Waals surface area contributed by atoms with Gasteiger partial charge in [-0.15, -0.1) is 0 Å². The first-order valence-corrected chi connectivity index (χ1v) is 15.2. The Hall–Kier alpha value is -2.90. The number of alkyl carbamates (subject to hydrolysis) is 1. The summed E-state index contributed by atoms with van der Waals surface area (Å²) in [6.45, 7) is 13.7. The largest absolute Gasteiger partial charge is 0.447 e. The van der Waals surface area contributed by atoms with Gasteiger partial charge in [-0.3, -0.25) is 5.32 Å². The number of hydrogen-bond acceptors (Lipinski definition) is 9. The first-order chi connectivity index (χ1) is 18.1. The normalized spacial score (nSPS) is 20.6. The van der Waals surface area contributed by atoms with E-state index in [9.17, 15) is 18.0 Å². The van der Waals surface area contributed by atoms with Gasteiger partial charge in [0, 0.05) is 42.0 Å². The molecule has 0 spiro atoms. The third kappa shape index (κ3) is 7.00. The zero-order chi connectivity index (χ0) is 28.8. The number of rotatable bonds is 8. The van der Waals surface area contributed by atoms with Crippen molar-refractivity contribution in [2.45, 2.75) is 83.1 Å². The van der Waals surface area contributed by atoms with Gasteiger partial charge in [0.15, 0.2) is 5.13 Å². The number of piperidine rings is 1. The monoisotopic (exact) mass is 579 g/mol. The quantitative estimate of drug-likeness (QED) is 0.414. The van der Waals surface area contributed by atoms with Crippen molar-refractivity contribution in [2.75, 3.05) is 23.3 Å². The highest BCUT2D eigenvalue weighted by Gasteiger charge is 2.61. The lowest BCUT2D eigenvalue weighted by Gasteiger charge is -2.22. The SMILES string of the molecule is CC(C)OC(=O)Nc1ccc(-c2cnc(N3CC4C[C@]4(NC(=O)OC(C)C)C3)s2)c(S(=O)(=O)NC(C)(C)C)c1. The summed E-state index contributed by atoms with van der Waals surface area (Å²) in [6.07, 6.45) is 0.945. The summed E-state index contributed by atoms with van der Waals surface area (Å²) in [6, 6.07) is 4.72. The summed E-state index contributed by atoms with van der Waals surface area (Å²) < 4.78 is 40.0. The van der Waals surface area contributed by atoms with E-state index in [2.05, 4.69) is 25.2 Å². The Labute approximate surface area is 233 Å². The van der Waals surface area contributed by atoms with Crippen molar-refractivity contribution >= 4 is 44.4 Å². The molecule has 1 saturated heterocycles. The fraction of sp³-hybridized carbons (Fsp3) is 0.577. The summed E-state index contributed by atoms with van der Waals surface area (Å²) >= 11 is 1.38. The first kappa shape index (κ1) is 29.1. The zero-order valence-corrected chi connectivity index (χ0v) is 25.0. The standard InChI is InChI=1S/C26H37N5O6S2/c1-15(2)36-23(32)28-18-8-9-19(21(10-18)39(34,35)30-25(5,6)7)20-12-27-22(38-20)31-13-17-11-26(17,14-31)29-24(33)37-16(3)4/h8-10,12,15-17,30H,11,13-14H2,1-7H3,(H,28,32)(H,29,33)/t17?,26-/m0/s1. The summed E-state index contributed by atoms with van der Waals surface area (Å²) in [4.78, 5) is 31.7. The molecule has 1 aromatic heterocycles. The van der Waals surface area contributed by atoms with Gasteiger partial charge in [-0.2, -0.15) is 0 Å². The Morgan fingerprint density at radius 3 is 2.44 bits per heavy atom. The van der Waals surface area contributed by atoms with Crippen LogP contribution in [0.3, 0.4) is 0 Å². The number of fused-ring (bicyclic) bond motifs is 1. The van der Waals surface area contributed by atoms with Crippen molar-refractivity contribution in [1.29, 1.82) is 0 Å². The molecule has 1 aliphatic carbocycles. The molecule has 0 bridgehead atoms. The second kappa shape index (κ2) is 10.6. The Morgan fingerprint density at radius 2 is 1.79 bits per heavy atom. The van der Waals surface area contributed by atoms with Crippen LogP contribution in [0.5, 0.6) is 0 Å². The summed E-state index contributed by atoms with van der Waals surface area (Å²) in [5.74, 6) is 0.312. The summed E-state index contributed by atoms with van der Waals surface area (Å²) in [7, 11) is -3.96. The Morgan fingerprint density at radius 1 is 1.13 bits per heavy atom. The molecule has 4 rings (SSSR count). The summed E-state index contributed by atoms with van der Waals surface area (Å²) in [5.41, 5.74) is -0.273. The number of anilines is 2. The molecule has 2 amide bonds. The third-order valence-electron chi connectivity index (χ3n) is 6.17. The van der Waals surface area contributed by atoms with E-state index in [1.54, 1.807) is 52.9 Å². The lowest BCUT2D eigenvalue weighted by molar-refractivity contribution is 0.111. The van der Waals surface area contributed by atoms with Crippen LogP contribution in [0.4, 0.5) is 20.4 Å². The van der Waals surface area contributed by atoms with Crippen LogP contribution in [-0.2, 0) is 19.5 Å². The minimum absolute atomic E-state index is 0.0220. The van der Waals surface area contributed by atoms with E-state index in [0.29, 0.717) is 28.6 Å². The Kier molecular flexibility index (Phi) is 7.89. The topological polar surface area (TPSA) is 139 Å². The van der Waals surface area contributed by atoms with Crippen LogP contribution in [0, 0.1) is 5.92 Å². The lowest BCUT2D eigenvalue weighted by Crippen LogP contribution is -2.43. The van der Waals surface area contributed by atoms with E-state index in [1.807, 2.05) is 13.8 Å². The van der Waals surface area contributed by atoms with Crippen LogP contribution in [0.25, 0.3) is 10.4 Å². The number of carbonyl (C=O) groups is 2. The maximum atomic E-state index is 13.5. The molecule has 1 aromatic carbocycles. The molecule has 1 aliphatic heterocycles. The minimum Gasteiger partial charge on any atom is -0.447 e. The van der Waals surface area contributed by atoms with E-state index in [-0.39, 0.29) is 22.6 Å². The van der Waals surface area contributed by atoms with Crippen LogP contribution in [0.2, 0.25) is 0 Å². The number of hydrogen-bond donors (Lipinski definition) is 3. The number of nitrogens with zero attached hydrogens (tertiary/aromatic N) is 2. The molecule has 214 valence electrons. The molecule has 13 heteroatoms. The number of thiazole rings is 1. The number of aromatic nitrogens is 1. The molecule has 1 unspecified atom stereocenters. The minimum atomic E-state index is -3.96. The number of benzene rings is 1. The van der Waals surface area contributed by atoms with Crippen molar-refractivity contribution in [1.82, 2.24) is 15.0 Å². The second-order valence-electron chi connectivity index (χ2n) is 11.7. The molecule has 0 radical (unpaired) electrons. The van der Waals surface area contributed by atoms with Gasteiger partial charge < -0.3 is 19.7 Å². The third-order valence-corrected chi connectivity index (χ3v) is 9.06. The van der Waals surface area contributed by atoms with Crippen molar-refractivity contribution in [3.8, 4) is 10.4 Å². The fourth-order valence-electron chi connectivity index (χ4n) is 4.65. The highest BCUT2D eigenvalue weighted by atomic mass is 32.2. The van der Waals surface area contributed by atoms with E-state index in [0.717, 1.165) is 18.1 Å². The molecule has 11 nitrogen and oxygen atoms in total. The highest BCUT2D eigenvalue weighted by Crippen LogP contribution is 2.51. The molecular weight excluding hydrogens is 542 g/mol. The van der Waals surface area contributed by atoms with Crippen LogP contribution >= 0.6 is 11.3 Å². The predicted molar refractivity (Wildman–Crippen MR) is 151 cm³/mol. The van der Waals surface area contributed by atoms with Crippen LogP contribution in [-0.4, -0.2) is 62.0 Å².